The number of aromatic nitrogens is 2. The summed E-state index contributed by atoms with van der Waals surface area (Å²) in [5.74, 6) is 1.95. The van der Waals surface area contributed by atoms with Crippen molar-refractivity contribution in [1.82, 2.24) is 15.5 Å². The Bertz CT molecular complexity index is 1440. The Kier molecular flexibility index (Phi) is 6.64. The van der Waals surface area contributed by atoms with Crippen LogP contribution in [-0.2, 0) is 6.42 Å². The van der Waals surface area contributed by atoms with E-state index in [-0.39, 0.29) is 6.03 Å². The van der Waals surface area contributed by atoms with Crippen molar-refractivity contribution >= 4 is 17.3 Å². The van der Waals surface area contributed by atoms with Crippen LogP contribution in [0.15, 0.2) is 83.0 Å². The first-order chi connectivity index (χ1) is 18.0. The SMILES string of the molecule is CCc1ccc(N2C(=O)NC(c3ccc(OC)c(OC)c3)C(c3nc(-c4ccccc4)no3)=C2C)cc1. The van der Waals surface area contributed by atoms with E-state index in [1.807, 2.05) is 79.7 Å². The molecule has 1 aromatic heterocycles. The standard InChI is InChI=1S/C29H28N4O4/c1-5-19-11-14-22(15-12-19)33-18(2)25(28-31-27(32-37-28)20-9-7-6-8-10-20)26(30-29(33)34)21-13-16-23(35-3)24(17-21)36-4/h6-17,26H,5H2,1-4H3,(H,30,34). The average molecular weight is 497 g/mol. The lowest BCUT2D eigenvalue weighted by Gasteiger charge is -2.35. The van der Waals surface area contributed by atoms with Crippen LogP contribution in [0.1, 0.15) is 36.9 Å². The van der Waals surface area contributed by atoms with E-state index in [0.717, 1.165) is 23.2 Å². The monoisotopic (exact) mass is 496 g/mol. The van der Waals surface area contributed by atoms with E-state index >= 15 is 0 Å². The molecule has 0 saturated heterocycles. The molecule has 0 saturated carbocycles. The number of amides is 2. The summed E-state index contributed by atoms with van der Waals surface area (Å²) in [5, 5.41) is 7.36. The number of nitrogens with zero attached hydrogens (tertiary/aromatic N) is 3. The maximum absolute atomic E-state index is 13.5. The second-order valence-electron chi connectivity index (χ2n) is 8.64. The van der Waals surface area contributed by atoms with Crippen molar-refractivity contribution in [2.45, 2.75) is 26.3 Å². The summed E-state index contributed by atoms with van der Waals surface area (Å²) in [6, 6.07) is 22.3. The number of allylic oxidation sites excluding steroid dienone is 1. The van der Waals surface area contributed by atoms with Gasteiger partial charge in [0.05, 0.1) is 31.5 Å². The van der Waals surface area contributed by atoms with Crippen molar-refractivity contribution in [2.75, 3.05) is 19.1 Å². The van der Waals surface area contributed by atoms with Gasteiger partial charge in [-0.3, -0.25) is 4.90 Å². The summed E-state index contributed by atoms with van der Waals surface area (Å²) in [7, 11) is 3.16. The van der Waals surface area contributed by atoms with E-state index < -0.39 is 6.04 Å². The zero-order valence-electron chi connectivity index (χ0n) is 21.2. The number of anilines is 1. The fraction of sp³-hybridized carbons (Fsp3) is 0.207. The van der Waals surface area contributed by atoms with Gasteiger partial charge in [-0.2, -0.15) is 4.98 Å². The van der Waals surface area contributed by atoms with Gasteiger partial charge in [0, 0.05) is 11.3 Å². The molecule has 1 atom stereocenters. The second kappa shape index (κ2) is 10.2. The number of methoxy groups -OCH3 is 2. The topological polar surface area (TPSA) is 89.7 Å². The molecular formula is C29H28N4O4. The minimum Gasteiger partial charge on any atom is -0.493 e. The van der Waals surface area contributed by atoms with Gasteiger partial charge in [-0.15, -0.1) is 0 Å². The fourth-order valence-electron chi connectivity index (χ4n) is 4.53. The molecule has 37 heavy (non-hydrogen) atoms. The smallest absolute Gasteiger partial charge is 0.326 e. The Hall–Kier alpha value is -4.59. The summed E-state index contributed by atoms with van der Waals surface area (Å²) >= 11 is 0. The third kappa shape index (κ3) is 4.53. The van der Waals surface area contributed by atoms with Crippen LogP contribution in [0.25, 0.3) is 17.0 Å². The lowest BCUT2D eigenvalue weighted by atomic mass is 9.94. The number of rotatable bonds is 7. The largest absolute Gasteiger partial charge is 0.493 e. The maximum atomic E-state index is 13.5. The van der Waals surface area contributed by atoms with Crippen LogP contribution in [-0.4, -0.2) is 30.4 Å². The summed E-state index contributed by atoms with van der Waals surface area (Å²) < 4.78 is 16.7. The first kappa shape index (κ1) is 24.1. The Morgan fingerprint density at radius 2 is 1.70 bits per heavy atom. The molecule has 1 unspecified atom stereocenters. The molecule has 1 aliphatic heterocycles. The average Bonchev–Trinajstić information content (AvgIpc) is 3.43. The molecule has 2 amide bonds. The van der Waals surface area contributed by atoms with E-state index in [0.29, 0.717) is 34.5 Å². The molecule has 8 nitrogen and oxygen atoms in total. The first-order valence-corrected chi connectivity index (χ1v) is 12.1. The van der Waals surface area contributed by atoms with Gasteiger partial charge in [0.25, 0.3) is 5.89 Å². The van der Waals surface area contributed by atoms with Crippen LogP contribution in [0, 0.1) is 0 Å². The highest BCUT2D eigenvalue weighted by Crippen LogP contribution is 2.41. The van der Waals surface area contributed by atoms with Gasteiger partial charge >= 0.3 is 6.03 Å². The van der Waals surface area contributed by atoms with Crippen LogP contribution in [0.4, 0.5) is 10.5 Å². The summed E-state index contributed by atoms with van der Waals surface area (Å²) in [5.41, 5.74) is 4.96. The van der Waals surface area contributed by atoms with Gasteiger partial charge in [0.1, 0.15) is 0 Å². The summed E-state index contributed by atoms with van der Waals surface area (Å²) in [6.45, 7) is 3.99. The number of urea groups is 1. The van der Waals surface area contributed by atoms with E-state index in [9.17, 15) is 4.79 Å². The molecule has 1 aliphatic rings. The number of nitrogens with one attached hydrogen (secondary N) is 1. The Morgan fingerprint density at radius 3 is 2.38 bits per heavy atom. The molecule has 3 aromatic carbocycles. The normalized spacial score (nSPS) is 15.5. The lowest BCUT2D eigenvalue weighted by molar-refractivity contribution is 0.244. The van der Waals surface area contributed by atoms with Crippen molar-refractivity contribution in [3.05, 3.63) is 95.5 Å². The molecule has 4 aromatic rings. The minimum atomic E-state index is -0.553. The number of carbonyl (C=O) groups excluding carboxylic acids is 1. The zero-order chi connectivity index (χ0) is 25.9. The van der Waals surface area contributed by atoms with Crippen LogP contribution in [0.2, 0.25) is 0 Å². The highest BCUT2D eigenvalue weighted by molar-refractivity contribution is 6.01. The van der Waals surface area contributed by atoms with E-state index in [1.54, 1.807) is 19.1 Å². The highest BCUT2D eigenvalue weighted by atomic mass is 16.5. The third-order valence-electron chi connectivity index (χ3n) is 6.52. The number of hydrogen-bond acceptors (Lipinski definition) is 6. The predicted molar refractivity (Wildman–Crippen MR) is 141 cm³/mol. The van der Waals surface area contributed by atoms with Crippen molar-refractivity contribution in [2.24, 2.45) is 0 Å². The minimum absolute atomic E-state index is 0.256. The van der Waals surface area contributed by atoms with Crippen molar-refractivity contribution in [3.8, 4) is 22.9 Å². The molecule has 8 heteroatoms. The molecule has 0 spiro atoms. The number of hydrogen-bond donors (Lipinski definition) is 1. The molecule has 188 valence electrons. The molecular weight excluding hydrogens is 468 g/mol. The Labute approximate surface area is 215 Å². The molecule has 0 radical (unpaired) electrons. The summed E-state index contributed by atoms with van der Waals surface area (Å²) in [4.78, 5) is 19.8. The molecule has 2 heterocycles. The van der Waals surface area contributed by atoms with Crippen LogP contribution in [0.3, 0.4) is 0 Å². The molecule has 0 fully saturated rings. The second-order valence-corrected chi connectivity index (χ2v) is 8.64. The van der Waals surface area contributed by atoms with E-state index in [1.165, 1.54) is 5.56 Å². The lowest BCUT2D eigenvalue weighted by Crippen LogP contribution is -2.46. The number of ether oxygens (including phenoxy) is 2. The van der Waals surface area contributed by atoms with Gasteiger partial charge in [-0.05, 0) is 48.7 Å². The van der Waals surface area contributed by atoms with Crippen molar-refractivity contribution < 1.29 is 18.8 Å². The first-order valence-electron chi connectivity index (χ1n) is 12.1. The summed E-state index contributed by atoms with van der Waals surface area (Å²) in [6.07, 6.45) is 0.915. The van der Waals surface area contributed by atoms with Gasteiger partial charge in [-0.25, -0.2) is 4.79 Å². The number of carbonyl (C=O) groups is 1. The van der Waals surface area contributed by atoms with Crippen molar-refractivity contribution in [1.29, 1.82) is 0 Å². The highest BCUT2D eigenvalue weighted by Gasteiger charge is 2.37. The predicted octanol–water partition coefficient (Wildman–Crippen LogP) is 6.02. The number of aryl methyl sites for hydroxylation is 1. The van der Waals surface area contributed by atoms with E-state index in [2.05, 4.69) is 17.4 Å². The molecule has 1 N–H and O–H groups in total. The maximum Gasteiger partial charge on any atom is 0.326 e. The Balaban J connectivity index is 1.65. The van der Waals surface area contributed by atoms with Crippen LogP contribution >= 0.6 is 0 Å². The fourth-order valence-corrected chi connectivity index (χ4v) is 4.53. The molecule has 0 aliphatic carbocycles. The zero-order valence-corrected chi connectivity index (χ0v) is 21.2. The van der Waals surface area contributed by atoms with Gasteiger partial charge in [0.15, 0.2) is 11.5 Å². The molecule has 5 rings (SSSR count). The van der Waals surface area contributed by atoms with Gasteiger partial charge in [-0.1, -0.05) is 60.6 Å². The molecule has 0 bridgehead atoms. The van der Waals surface area contributed by atoms with Crippen LogP contribution in [0.5, 0.6) is 11.5 Å². The van der Waals surface area contributed by atoms with Crippen LogP contribution < -0.4 is 19.7 Å². The van der Waals surface area contributed by atoms with E-state index in [4.69, 9.17) is 19.0 Å². The quantitative estimate of drug-likeness (QED) is 0.337. The van der Waals surface area contributed by atoms with Crippen molar-refractivity contribution in [3.63, 3.8) is 0 Å². The third-order valence-corrected chi connectivity index (χ3v) is 6.52. The van der Waals surface area contributed by atoms with Gasteiger partial charge in [0.2, 0.25) is 5.82 Å². The van der Waals surface area contributed by atoms with Gasteiger partial charge < -0.3 is 19.3 Å². The Morgan fingerprint density at radius 1 is 0.973 bits per heavy atom. The number of benzene rings is 3.